The zero-order chi connectivity index (χ0) is 13.9. The van der Waals surface area contributed by atoms with Crippen LogP contribution in [0.25, 0.3) is 6.08 Å². The quantitative estimate of drug-likeness (QED) is 0.733. The van der Waals surface area contributed by atoms with Gasteiger partial charge in [0.25, 0.3) is 0 Å². The molecule has 0 spiro atoms. The number of para-hydroxylation sites is 1. The van der Waals surface area contributed by atoms with E-state index >= 15 is 0 Å². The molecule has 1 fully saturated rings. The van der Waals surface area contributed by atoms with E-state index < -0.39 is 0 Å². The van der Waals surface area contributed by atoms with Crippen LogP contribution in [0.1, 0.15) is 12.0 Å². The normalized spacial score (nSPS) is 17.0. The molecule has 1 nitrogen and oxygen atoms in total. The van der Waals surface area contributed by atoms with Gasteiger partial charge in [0.15, 0.2) is 0 Å². The molecule has 0 radical (unpaired) electrons. The number of rotatable bonds is 2. The van der Waals surface area contributed by atoms with Crippen LogP contribution in [0.4, 0.5) is 5.69 Å². The van der Waals surface area contributed by atoms with E-state index in [2.05, 4.69) is 48.4 Å². The predicted octanol–water partition coefficient (Wildman–Crippen LogP) is 5.01. The Morgan fingerprint density at radius 1 is 0.850 bits per heavy atom. The molecule has 20 heavy (non-hydrogen) atoms. The van der Waals surface area contributed by atoms with E-state index in [9.17, 15) is 0 Å². The number of hydrogen-bond acceptors (Lipinski definition) is 1. The van der Waals surface area contributed by atoms with Crippen molar-refractivity contribution in [3.8, 4) is 0 Å². The van der Waals surface area contributed by atoms with Crippen LogP contribution in [-0.4, -0.2) is 0 Å². The minimum atomic E-state index is 0.850. The van der Waals surface area contributed by atoms with Crippen molar-refractivity contribution >= 4 is 11.8 Å². The van der Waals surface area contributed by atoms with Crippen molar-refractivity contribution < 1.29 is 0 Å². The molecule has 1 heteroatoms. The molecule has 0 bridgehead atoms. The summed E-state index contributed by atoms with van der Waals surface area (Å²) in [7, 11) is 0. The van der Waals surface area contributed by atoms with Crippen LogP contribution in [0.15, 0.2) is 90.8 Å². The number of benzene rings is 2. The van der Waals surface area contributed by atoms with Crippen LogP contribution < -0.4 is 4.90 Å². The molecule has 0 amide bonds. The number of hydrogen-bond donors (Lipinski definition) is 0. The van der Waals surface area contributed by atoms with Gasteiger partial charge in [-0.05, 0) is 29.3 Å². The zero-order valence-electron chi connectivity index (χ0n) is 11.4. The SMILES string of the molecule is C=C1C/C(=C\c2ccccc2)C(=C)N1c1ccccc1. The van der Waals surface area contributed by atoms with Gasteiger partial charge in [-0.15, -0.1) is 0 Å². The van der Waals surface area contributed by atoms with E-state index in [4.69, 9.17) is 0 Å². The van der Waals surface area contributed by atoms with Gasteiger partial charge in [-0.25, -0.2) is 0 Å². The van der Waals surface area contributed by atoms with Gasteiger partial charge in [0.2, 0.25) is 0 Å². The van der Waals surface area contributed by atoms with Gasteiger partial charge in [0, 0.05) is 23.5 Å². The van der Waals surface area contributed by atoms with E-state index in [1.54, 1.807) is 0 Å². The van der Waals surface area contributed by atoms with E-state index in [-0.39, 0.29) is 0 Å². The maximum Gasteiger partial charge on any atom is 0.0458 e. The molecular weight excluding hydrogens is 242 g/mol. The molecule has 1 aliphatic heterocycles. The molecule has 0 N–H and O–H groups in total. The summed E-state index contributed by atoms with van der Waals surface area (Å²) in [5, 5.41) is 0. The molecular formula is C19H17N. The van der Waals surface area contributed by atoms with Crippen molar-refractivity contribution in [2.45, 2.75) is 6.42 Å². The highest BCUT2D eigenvalue weighted by Crippen LogP contribution is 2.38. The first-order valence-electron chi connectivity index (χ1n) is 6.73. The van der Waals surface area contributed by atoms with E-state index in [1.807, 2.05) is 36.4 Å². The Hall–Kier alpha value is -2.54. The summed E-state index contributed by atoms with van der Waals surface area (Å²) in [5.41, 5.74) is 5.64. The fraction of sp³-hybridized carbons (Fsp3) is 0.0526. The predicted molar refractivity (Wildman–Crippen MR) is 86.2 cm³/mol. The second-order valence-electron chi connectivity index (χ2n) is 4.94. The summed E-state index contributed by atoms with van der Waals surface area (Å²) in [6.07, 6.45) is 3.04. The van der Waals surface area contributed by atoms with Crippen molar-refractivity contribution in [3.05, 3.63) is 96.4 Å². The Morgan fingerprint density at radius 2 is 1.45 bits per heavy atom. The van der Waals surface area contributed by atoms with Crippen LogP contribution in [0, 0.1) is 0 Å². The van der Waals surface area contributed by atoms with Crippen LogP contribution in [0.5, 0.6) is 0 Å². The molecule has 3 rings (SSSR count). The Balaban J connectivity index is 1.93. The van der Waals surface area contributed by atoms with Crippen molar-refractivity contribution in [1.29, 1.82) is 0 Å². The first kappa shape index (κ1) is 12.5. The highest BCUT2D eigenvalue weighted by atomic mass is 15.2. The molecule has 1 heterocycles. The minimum Gasteiger partial charge on any atom is -0.315 e. The summed E-state index contributed by atoms with van der Waals surface area (Å²) in [5.74, 6) is 0. The van der Waals surface area contributed by atoms with E-state index in [0.717, 1.165) is 23.5 Å². The van der Waals surface area contributed by atoms with Gasteiger partial charge in [-0.2, -0.15) is 0 Å². The van der Waals surface area contributed by atoms with Gasteiger partial charge >= 0.3 is 0 Å². The first-order valence-corrected chi connectivity index (χ1v) is 6.73. The monoisotopic (exact) mass is 259 g/mol. The molecule has 2 aromatic rings. The Kier molecular flexibility index (Phi) is 3.26. The standard InChI is InChI=1S/C19H17N/c1-15-13-18(14-17-9-5-3-6-10-17)16(2)20(15)19-11-7-4-8-12-19/h3-12,14H,1-2,13H2/b18-14+. The number of anilines is 1. The second kappa shape index (κ2) is 5.22. The molecule has 1 saturated heterocycles. The fourth-order valence-corrected chi connectivity index (χ4v) is 2.54. The molecule has 0 unspecified atom stereocenters. The van der Waals surface area contributed by atoms with Crippen molar-refractivity contribution in [3.63, 3.8) is 0 Å². The molecule has 0 aromatic heterocycles. The summed E-state index contributed by atoms with van der Waals surface area (Å²) in [4.78, 5) is 2.13. The average Bonchev–Trinajstić information content (AvgIpc) is 2.75. The lowest BCUT2D eigenvalue weighted by atomic mass is 10.1. The molecule has 0 saturated carbocycles. The molecule has 0 atom stereocenters. The molecule has 1 aliphatic rings. The van der Waals surface area contributed by atoms with Crippen LogP contribution in [-0.2, 0) is 0 Å². The van der Waals surface area contributed by atoms with Gasteiger partial charge < -0.3 is 4.90 Å². The smallest absolute Gasteiger partial charge is 0.0458 e. The van der Waals surface area contributed by atoms with Crippen molar-refractivity contribution in [2.24, 2.45) is 0 Å². The van der Waals surface area contributed by atoms with Crippen molar-refractivity contribution in [2.75, 3.05) is 4.90 Å². The molecule has 0 aliphatic carbocycles. The Morgan fingerprint density at radius 3 is 2.10 bits per heavy atom. The molecule has 2 aromatic carbocycles. The Bertz CT molecular complexity index is 665. The van der Waals surface area contributed by atoms with Gasteiger partial charge in [-0.1, -0.05) is 61.7 Å². The van der Waals surface area contributed by atoms with Gasteiger partial charge in [0.1, 0.15) is 0 Å². The third-order valence-corrected chi connectivity index (χ3v) is 3.51. The highest BCUT2D eigenvalue weighted by molar-refractivity contribution is 5.72. The highest BCUT2D eigenvalue weighted by Gasteiger charge is 2.25. The van der Waals surface area contributed by atoms with Crippen LogP contribution in [0.2, 0.25) is 0 Å². The molecule has 98 valence electrons. The van der Waals surface area contributed by atoms with E-state index in [0.29, 0.717) is 0 Å². The van der Waals surface area contributed by atoms with E-state index in [1.165, 1.54) is 11.1 Å². The lowest BCUT2D eigenvalue weighted by Gasteiger charge is -2.20. The first-order chi connectivity index (χ1) is 9.75. The van der Waals surface area contributed by atoms with Gasteiger partial charge in [0.05, 0.1) is 0 Å². The topological polar surface area (TPSA) is 3.24 Å². The number of nitrogens with zero attached hydrogens (tertiary/aromatic N) is 1. The average molecular weight is 259 g/mol. The largest absolute Gasteiger partial charge is 0.315 e. The van der Waals surface area contributed by atoms with Crippen LogP contribution >= 0.6 is 0 Å². The lowest BCUT2D eigenvalue weighted by Crippen LogP contribution is -2.13. The summed E-state index contributed by atoms with van der Waals surface area (Å²) in [6, 6.07) is 20.6. The third-order valence-electron chi connectivity index (χ3n) is 3.51. The summed E-state index contributed by atoms with van der Waals surface area (Å²) >= 11 is 0. The maximum atomic E-state index is 4.24. The summed E-state index contributed by atoms with van der Waals surface area (Å²) < 4.78 is 0. The summed E-state index contributed by atoms with van der Waals surface area (Å²) in [6.45, 7) is 8.42. The van der Waals surface area contributed by atoms with Crippen LogP contribution in [0.3, 0.4) is 0 Å². The minimum absolute atomic E-state index is 0.850. The lowest BCUT2D eigenvalue weighted by molar-refractivity contribution is 1.16. The number of allylic oxidation sites excluding steroid dienone is 2. The second-order valence-corrected chi connectivity index (χ2v) is 4.94. The fourth-order valence-electron chi connectivity index (χ4n) is 2.54. The van der Waals surface area contributed by atoms with Crippen molar-refractivity contribution in [1.82, 2.24) is 0 Å². The zero-order valence-corrected chi connectivity index (χ0v) is 11.4. The Labute approximate surface area is 120 Å². The van der Waals surface area contributed by atoms with Gasteiger partial charge in [-0.3, -0.25) is 0 Å². The third kappa shape index (κ3) is 2.30. The maximum absolute atomic E-state index is 4.24.